The number of methoxy groups -OCH3 is 1. The minimum absolute atomic E-state index is 0.0126. The van der Waals surface area contributed by atoms with Crippen LogP contribution < -0.4 is 9.47 Å². The van der Waals surface area contributed by atoms with Gasteiger partial charge in [0.1, 0.15) is 3.70 Å². The molecule has 0 fully saturated rings. The van der Waals surface area contributed by atoms with Gasteiger partial charge in [-0.05, 0) is 28.7 Å². The van der Waals surface area contributed by atoms with Crippen molar-refractivity contribution >= 4 is 34.2 Å². The van der Waals surface area contributed by atoms with Crippen molar-refractivity contribution in [2.45, 2.75) is 12.2 Å². The molecule has 0 atom stereocenters. The molecule has 0 aliphatic carbocycles. The van der Waals surface area contributed by atoms with Crippen LogP contribution in [0.15, 0.2) is 6.07 Å². The quantitative estimate of drug-likeness (QED) is 0.467. The van der Waals surface area contributed by atoms with Crippen LogP contribution in [0.3, 0.4) is 0 Å². The minimum Gasteiger partial charge on any atom is -0.481 e. The number of nitrogens with zero attached hydrogens (tertiary/aromatic N) is 1. The molecule has 0 spiro atoms. The standard InChI is InChI=1S/C8H6ClF3INO2/c1-15-7-4(3-9)2-5(6(13)14-7)16-8(10,11)12/h2H,3H2,1H3. The van der Waals surface area contributed by atoms with Crippen molar-refractivity contribution in [3.63, 3.8) is 0 Å². The lowest BCUT2D eigenvalue weighted by Crippen LogP contribution is -2.18. The third-order valence-corrected chi connectivity index (χ3v) is 2.61. The second kappa shape index (κ2) is 5.26. The number of halogens is 5. The molecule has 3 nitrogen and oxygen atoms in total. The van der Waals surface area contributed by atoms with Crippen molar-refractivity contribution in [2.75, 3.05) is 7.11 Å². The molecule has 1 aromatic heterocycles. The van der Waals surface area contributed by atoms with Crippen LogP contribution in [0.4, 0.5) is 13.2 Å². The SMILES string of the molecule is COc1nc(I)c(OC(F)(F)F)cc1CCl. The number of alkyl halides is 4. The number of aromatic nitrogens is 1. The molecule has 1 aromatic rings. The van der Waals surface area contributed by atoms with E-state index in [1.54, 1.807) is 22.6 Å². The summed E-state index contributed by atoms with van der Waals surface area (Å²) in [6, 6.07) is 1.16. The van der Waals surface area contributed by atoms with Crippen molar-refractivity contribution < 1.29 is 22.6 Å². The molecule has 0 N–H and O–H groups in total. The molecule has 8 heteroatoms. The van der Waals surface area contributed by atoms with E-state index in [9.17, 15) is 13.2 Å². The Bertz CT molecular complexity index is 386. The van der Waals surface area contributed by atoms with Gasteiger partial charge in [-0.2, -0.15) is 0 Å². The zero-order chi connectivity index (χ0) is 12.3. The van der Waals surface area contributed by atoms with Crippen molar-refractivity contribution in [1.29, 1.82) is 0 Å². The van der Waals surface area contributed by atoms with E-state index >= 15 is 0 Å². The highest BCUT2D eigenvalue weighted by molar-refractivity contribution is 14.1. The van der Waals surface area contributed by atoms with Gasteiger partial charge in [0.25, 0.3) is 0 Å². The molecule has 0 aromatic carbocycles. The lowest BCUT2D eigenvalue weighted by Gasteiger charge is -2.12. The smallest absolute Gasteiger partial charge is 0.481 e. The summed E-state index contributed by atoms with van der Waals surface area (Å²) in [4.78, 5) is 3.80. The van der Waals surface area contributed by atoms with Gasteiger partial charge in [-0.15, -0.1) is 24.8 Å². The van der Waals surface area contributed by atoms with Crippen molar-refractivity contribution in [3.8, 4) is 11.6 Å². The van der Waals surface area contributed by atoms with E-state index in [1.807, 2.05) is 0 Å². The lowest BCUT2D eigenvalue weighted by atomic mass is 10.3. The Morgan fingerprint density at radius 3 is 2.56 bits per heavy atom. The molecular formula is C8H6ClF3INO2. The average Bonchev–Trinajstić information content (AvgIpc) is 2.18. The maximum Gasteiger partial charge on any atom is 0.573 e. The second-order valence-electron chi connectivity index (χ2n) is 2.63. The summed E-state index contributed by atoms with van der Waals surface area (Å²) < 4.78 is 44.8. The minimum atomic E-state index is -4.75. The second-order valence-corrected chi connectivity index (χ2v) is 3.92. The van der Waals surface area contributed by atoms with Crippen molar-refractivity contribution in [3.05, 3.63) is 15.3 Å². The summed E-state index contributed by atoms with van der Waals surface area (Å²) >= 11 is 7.17. The Hall–Kier alpha value is -0.440. The fourth-order valence-electron chi connectivity index (χ4n) is 0.964. The van der Waals surface area contributed by atoms with Crippen LogP contribution in [-0.2, 0) is 5.88 Å². The van der Waals surface area contributed by atoms with Gasteiger partial charge in [0.05, 0.1) is 13.0 Å². The van der Waals surface area contributed by atoms with Crippen LogP contribution in [0.5, 0.6) is 11.6 Å². The van der Waals surface area contributed by atoms with Crippen LogP contribution in [0.2, 0.25) is 0 Å². The molecule has 0 amide bonds. The Kier molecular flexibility index (Phi) is 4.48. The Morgan fingerprint density at radius 2 is 2.12 bits per heavy atom. The topological polar surface area (TPSA) is 31.4 Å². The van der Waals surface area contributed by atoms with Gasteiger partial charge < -0.3 is 9.47 Å². The molecule has 1 heterocycles. The predicted octanol–water partition coefficient (Wildman–Crippen LogP) is 3.33. The highest BCUT2D eigenvalue weighted by Gasteiger charge is 2.32. The molecule has 0 bridgehead atoms. The monoisotopic (exact) mass is 367 g/mol. The predicted molar refractivity (Wildman–Crippen MR) is 59.7 cm³/mol. The van der Waals surface area contributed by atoms with Crippen LogP contribution in [0.1, 0.15) is 5.56 Å². The molecule has 0 saturated heterocycles. The molecule has 16 heavy (non-hydrogen) atoms. The number of rotatable bonds is 3. The lowest BCUT2D eigenvalue weighted by molar-refractivity contribution is -0.275. The molecule has 0 radical (unpaired) electrons. The Balaban J connectivity index is 3.11. The molecule has 0 aliphatic heterocycles. The van der Waals surface area contributed by atoms with Gasteiger partial charge in [0, 0.05) is 5.56 Å². The number of hydrogen-bond acceptors (Lipinski definition) is 3. The highest BCUT2D eigenvalue weighted by Crippen LogP contribution is 2.31. The van der Waals surface area contributed by atoms with Crippen molar-refractivity contribution in [2.24, 2.45) is 0 Å². The fourth-order valence-corrected chi connectivity index (χ4v) is 1.64. The zero-order valence-electron chi connectivity index (χ0n) is 7.94. The van der Waals surface area contributed by atoms with Gasteiger partial charge in [0.2, 0.25) is 5.88 Å². The van der Waals surface area contributed by atoms with Crippen LogP contribution in [0.25, 0.3) is 0 Å². The van der Waals surface area contributed by atoms with Gasteiger partial charge in [-0.1, -0.05) is 0 Å². The Morgan fingerprint density at radius 1 is 1.50 bits per heavy atom. The molecule has 1 rings (SSSR count). The third kappa shape index (κ3) is 3.55. The summed E-state index contributed by atoms with van der Waals surface area (Å²) in [5, 5.41) is 0. The van der Waals surface area contributed by atoms with Crippen LogP contribution >= 0.6 is 34.2 Å². The summed E-state index contributed by atoms with van der Waals surface area (Å²) in [5.74, 6) is -0.208. The fraction of sp³-hybridized carbons (Fsp3) is 0.375. The number of hydrogen-bond donors (Lipinski definition) is 0. The van der Waals surface area contributed by atoms with E-state index in [0.29, 0.717) is 5.56 Å². The molecule has 90 valence electrons. The number of ether oxygens (including phenoxy) is 2. The van der Waals surface area contributed by atoms with Crippen LogP contribution in [0, 0.1) is 3.70 Å². The van der Waals surface area contributed by atoms with E-state index in [-0.39, 0.29) is 21.2 Å². The molecule has 0 aliphatic rings. The van der Waals surface area contributed by atoms with E-state index in [2.05, 4.69) is 9.72 Å². The summed E-state index contributed by atoms with van der Waals surface area (Å²) in [6.07, 6.45) is -4.75. The Labute approximate surface area is 108 Å². The molecule has 0 unspecified atom stereocenters. The highest BCUT2D eigenvalue weighted by atomic mass is 127. The first-order valence-electron chi connectivity index (χ1n) is 3.92. The molecular weight excluding hydrogens is 361 g/mol. The first kappa shape index (κ1) is 13.6. The maximum atomic E-state index is 12.0. The largest absolute Gasteiger partial charge is 0.573 e. The number of pyridine rings is 1. The normalized spacial score (nSPS) is 11.4. The van der Waals surface area contributed by atoms with E-state index in [4.69, 9.17) is 16.3 Å². The van der Waals surface area contributed by atoms with E-state index < -0.39 is 6.36 Å². The molecule has 0 saturated carbocycles. The van der Waals surface area contributed by atoms with E-state index in [0.717, 1.165) is 6.07 Å². The first-order valence-corrected chi connectivity index (χ1v) is 5.54. The van der Waals surface area contributed by atoms with Gasteiger partial charge in [-0.3, -0.25) is 0 Å². The van der Waals surface area contributed by atoms with Gasteiger partial charge in [0.15, 0.2) is 5.75 Å². The maximum absolute atomic E-state index is 12.0. The van der Waals surface area contributed by atoms with Crippen LogP contribution in [-0.4, -0.2) is 18.5 Å². The summed E-state index contributed by atoms with van der Waals surface area (Å²) in [5.41, 5.74) is 0.337. The average molecular weight is 367 g/mol. The van der Waals surface area contributed by atoms with Crippen molar-refractivity contribution in [1.82, 2.24) is 4.98 Å². The third-order valence-electron chi connectivity index (χ3n) is 1.55. The van der Waals surface area contributed by atoms with Gasteiger partial charge in [-0.25, -0.2) is 4.98 Å². The summed E-state index contributed by atoms with van der Waals surface area (Å²) in [6.45, 7) is 0. The zero-order valence-corrected chi connectivity index (χ0v) is 10.9. The van der Waals surface area contributed by atoms with E-state index in [1.165, 1.54) is 7.11 Å². The first-order chi connectivity index (χ1) is 7.37. The van der Waals surface area contributed by atoms with Gasteiger partial charge >= 0.3 is 6.36 Å². The summed E-state index contributed by atoms with van der Waals surface area (Å²) in [7, 11) is 1.36.